The summed E-state index contributed by atoms with van der Waals surface area (Å²) in [5.41, 5.74) is 4.45. The monoisotopic (exact) mass is 463 g/mol. The smallest absolute Gasteiger partial charge is 0.363 e. The highest BCUT2D eigenvalue weighted by Crippen LogP contribution is 2.41. The largest absolute Gasteiger partial charge is 0.394 e. The van der Waals surface area contributed by atoms with Crippen LogP contribution in [-0.2, 0) is 15.3 Å². The molecule has 0 spiro atoms. The number of para-hydroxylation sites is 1. The molecule has 2 aliphatic rings. The van der Waals surface area contributed by atoms with Crippen molar-refractivity contribution in [3.05, 3.63) is 64.6 Å². The molecule has 2 amide bonds. The molecule has 1 aromatic heterocycles. The van der Waals surface area contributed by atoms with Gasteiger partial charge in [-0.2, -0.15) is 9.48 Å². The summed E-state index contributed by atoms with van der Waals surface area (Å²) in [6.45, 7) is 7.29. The lowest BCUT2D eigenvalue weighted by atomic mass is 9.92. The number of nitrogens with zero attached hydrogens (tertiary/aromatic N) is 4. The molecular weight excluding hydrogens is 434 g/mol. The highest BCUT2D eigenvalue weighted by Gasteiger charge is 2.61. The first-order valence-corrected chi connectivity index (χ1v) is 11.6. The van der Waals surface area contributed by atoms with Crippen molar-refractivity contribution in [2.75, 3.05) is 11.6 Å². The van der Waals surface area contributed by atoms with Crippen molar-refractivity contribution in [3.8, 4) is 11.1 Å². The Bertz CT molecular complexity index is 1350. The second-order valence-electron chi connectivity index (χ2n) is 9.66. The second-order valence-corrected chi connectivity index (χ2v) is 9.66. The third kappa shape index (κ3) is 3.00. The van der Waals surface area contributed by atoms with Crippen LogP contribution in [0.25, 0.3) is 11.1 Å². The van der Waals surface area contributed by atoms with Gasteiger partial charge in [-0.3, -0.25) is 15.0 Å². The van der Waals surface area contributed by atoms with Gasteiger partial charge in [0.2, 0.25) is 0 Å². The molecule has 3 heterocycles. The summed E-state index contributed by atoms with van der Waals surface area (Å²) >= 11 is 0. The summed E-state index contributed by atoms with van der Waals surface area (Å²) in [5.74, 6) is -0.959. The SMILES string of the molecule is CC(C)C[C@@H](CO)n1c(=O)n2n1[C@@]2(C)C(=O)NN1C(=O)C(C)c2ccccc2-c2ccccc21. The summed E-state index contributed by atoms with van der Waals surface area (Å²) in [6, 6.07) is 14.8. The Morgan fingerprint density at radius 3 is 2.41 bits per heavy atom. The maximum atomic E-state index is 13.5. The molecule has 178 valence electrons. The molecule has 3 aromatic rings. The fraction of sp³-hybridized carbons (Fsp3) is 0.400. The molecule has 2 N–H and O–H groups in total. The first kappa shape index (κ1) is 22.2. The molecule has 0 aliphatic carbocycles. The van der Waals surface area contributed by atoms with E-state index in [1.165, 1.54) is 14.4 Å². The Hall–Kier alpha value is -3.59. The number of carbonyl (C=O) groups excluding carboxylic acids is 2. The normalized spacial score (nSPS) is 21.5. The number of aromatic nitrogens is 3. The summed E-state index contributed by atoms with van der Waals surface area (Å²) in [6.07, 6.45) is 0.609. The average molecular weight is 464 g/mol. The van der Waals surface area contributed by atoms with Crippen molar-refractivity contribution in [1.29, 1.82) is 0 Å². The van der Waals surface area contributed by atoms with E-state index in [0.717, 1.165) is 16.7 Å². The van der Waals surface area contributed by atoms with Crippen molar-refractivity contribution in [3.63, 3.8) is 0 Å². The minimum Gasteiger partial charge on any atom is -0.394 e. The van der Waals surface area contributed by atoms with Crippen LogP contribution in [0.4, 0.5) is 5.69 Å². The van der Waals surface area contributed by atoms with E-state index >= 15 is 0 Å². The molecule has 2 aromatic carbocycles. The number of amides is 2. The van der Waals surface area contributed by atoms with E-state index in [0.29, 0.717) is 12.1 Å². The first-order chi connectivity index (χ1) is 16.2. The third-order valence-electron chi connectivity index (χ3n) is 6.93. The fourth-order valence-electron chi connectivity index (χ4n) is 5.07. The van der Waals surface area contributed by atoms with Crippen molar-refractivity contribution in [1.82, 2.24) is 19.6 Å². The van der Waals surface area contributed by atoms with E-state index in [9.17, 15) is 19.5 Å². The van der Waals surface area contributed by atoms with E-state index in [4.69, 9.17) is 0 Å². The maximum Gasteiger partial charge on any atom is 0.363 e. The van der Waals surface area contributed by atoms with Crippen LogP contribution in [0.3, 0.4) is 0 Å². The molecule has 0 saturated carbocycles. The number of aliphatic hydroxyl groups is 1. The van der Waals surface area contributed by atoms with Gasteiger partial charge in [-0.05, 0) is 43.4 Å². The molecule has 0 radical (unpaired) electrons. The summed E-state index contributed by atoms with van der Waals surface area (Å²) in [5, 5.41) is 11.1. The second kappa shape index (κ2) is 7.73. The van der Waals surface area contributed by atoms with E-state index in [1.54, 1.807) is 17.8 Å². The van der Waals surface area contributed by atoms with Crippen molar-refractivity contribution < 1.29 is 14.7 Å². The molecule has 3 atom stereocenters. The quantitative estimate of drug-likeness (QED) is 0.586. The van der Waals surface area contributed by atoms with Crippen LogP contribution in [0.15, 0.2) is 53.3 Å². The molecule has 34 heavy (non-hydrogen) atoms. The summed E-state index contributed by atoms with van der Waals surface area (Å²) in [4.78, 5) is 41.3. The number of rotatable bonds is 6. The van der Waals surface area contributed by atoms with Crippen LogP contribution in [-0.4, -0.2) is 37.7 Å². The predicted octanol–water partition coefficient (Wildman–Crippen LogP) is 2.41. The van der Waals surface area contributed by atoms with Crippen molar-refractivity contribution in [2.45, 2.75) is 51.7 Å². The topological polar surface area (TPSA) is 102 Å². The van der Waals surface area contributed by atoms with E-state index in [2.05, 4.69) is 5.43 Å². The lowest BCUT2D eigenvalue weighted by Crippen LogP contribution is -2.52. The Labute approximate surface area is 197 Å². The van der Waals surface area contributed by atoms with Crippen LogP contribution >= 0.6 is 0 Å². The standard InChI is InChI=1S/C25H29N5O4/c1-15(2)13-17(14-31)28-24(34)29-25(4,30(28)29)23(33)26-27-21-12-8-7-11-20(21)19-10-6-5-9-18(19)16(3)22(27)32/h5-12,15-17,31H,13-14H2,1-4H3,(H,26,33)/t16?,17-,25-,29?,30?/m0/s1. The van der Waals surface area contributed by atoms with Crippen LogP contribution in [0.1, 0.15) is 51.6 Å². The van der Waals surface area contributed by atoms with Gasteiger partial charge in [0, 0.05) is 5.56 Å². The van der Waals surface area contributed by atoms with E-state index in [-0.39, 0.29) is 24.1 Å². The van der Waals surface area contributed by atoms with Crippen molar-refractivity contribution in [2.24, 2.45) is 5.92 Å². The number of nitrogens with one attached hydrogen (secondary N) is 1. The van der Waals surface area contributed by atoms with Gasteiger partial charge in [0.15, 0.2) is 0 Å². The fourth-order valence-corrected chi connectivity index (χ4v) is 5.07. The zero-order valence-corrected chi connectivity index (χ0v) is 19.7. The molecule has 0 bridgehead atoms. The van der Waals surface area contributed by atoms with Crippen LogP contribution in [0.5, 0.6) is 0 Å². The maximum absolute atomic E-state index is 13.5. The molecule has 0 fully saturated rings. The number of carbonyl (C=O) groups is 2. The minimum absolute atomic E-state index is 0.195. The number of benzene rings is 2. The lowest BCUT2D eigenvalue weighted by Gasteiger charge is -2.26. The number of hydrogen-bond donors (Lipinski definition) is 2. The lowest BCUT2D eigenvalue weighted by molar-refractivity contribution is -0.129. The molecule has 5 rings (SSSR count). The third-order valence-corrected chi connectivity index (χ3v) is 6.93. The van der Waals surface area contributed by atoms with Gasteiger partial charge in [0.25, 0.3) is 17.5 Å². The van der Waals surface area contributed by atoms with Crippen LogP contribution < -0.4 is 16.1 Å². The first-order valence-electron chi connectivity index (χ1n) is 11.6. The predicted molar refractivity (Wildman–Crippen MR) is 127 cm³/mol. The Balaban J connectivity index is 1.48. The Morgan fingerprint density at radius 2 is 1.74 bits per heavy atom. The van der Waals surface area contributed by atoms with Gasteiger partial charge in [0.05, 0.1) is 24.3 Å². The number of fused-ring (bicyclic) bond motifs is 4. The van der Waals surface area contributed by atoms with E-state index in [1.807, 2.05) is 63.2 Å². The number of anilines is 1. The molecule has 2 aliphatic heterocycles. The summed E-state index contributed by atoms with van der Waals surface area (Å²) in [7, 11) is 0. The van der Waals surface area contributed by atoms with Gasteiger partial charge in [-0.15, -0.1) is 0 Å². The van der Waals surface area contributed by atoms with Gasteiger partial charge in [0.1, 0.15) is 0 Å². The van der Waals surface area contributed by atoms with Gasteiger partial charge in [-0.1, -0.05) is 56.3 Å². The molecule has 9 nitrogen and oxygen atoms in total. The Morgan fingerprint density at radius 1 is 1.09 bits per heavy atom. The van der Waals surface area contributed by atoms with Gasteiger partial charge >= 0.3 is 5.69 Å². The van der Waals surface area contributed by atoms with Gasteiger partial charge in [-0.25, -0.2) is 14.5 Å². The number of aliphatic hydroxyl groups excluding tert-OH is 1. The van der Waals surface area contributed by atoms with E-state index < -0.39 is 23.5 Å². The molecular formula is C25H29N5O4. The highest BCUT2D eigenvalue weighted by atomic mass is 16.3. The molecule has 0 saturated heterocycles. The average Bonchev–Trinajstić information content (AvgIpc) is 3.42. The van der Waals surface area contributed by atoms with Crippen LogP contribution in [0, 0.1) is 5.92 Å². The zero-order valence-electron chi connectivity index (χ0n) is 19.7. The van der Waals surface area contributed by atoms with Crippen LogP contribution in [0.2, 0.25) is 0 Å². The molecule has 1 unspecified atom stereocenters. The Kier molecular flexibility index (Phi) is 5.05. The van der Waals surface area contributed by atoms with Crippen molar-refractivity contribution >= 4 is 17.5 Å². The summed E-state index contributed by atoms with van der Waals surface area (Å²) < 4.78 is 2.79. The zero-order chi connectivity index (χ0) is 24.4. The number of hydrogen-bond acceptors (Lipinski definition) is 4. The molecule has 9 heteroatoms. The van der Waals surface area contributed by atoms with Gasteiger partial charge < -0.3 is 5.11 Å². The minimum atomic E-state index is -1.26. The number of hydrazine groups is 1. The highest BCUT2D eigenvalue weighted by molar-refractivity contribution is 6.07.